The van der Waals surface area contributed by atoms with Crippen LogP contribution in [0.25, 0.3) is 10.9 Å². The van der Waals surface area contributed by atoms with Crippen molar-refractivity contribution >= 4 is 16.6 Å². The zero-order valence-corrected chi connectivity index (χ0v) is 14.2. The number of aromatic nitrogens is 1. The van der Waals surface area contributed by atoms with Crippen LogP contribution in [-0.4, -0.2) is 17.2 Å². The molecular weight excluding hydrogens is 328 g/mol. The van der Waals surface area contributed by atoms with Gasteiger partial charge in [-0.1, -0.05) is 24.3 Å². The van der Waals surface area contributed by atoms with Gasteiger partial charge < -0.3 is 19.6 Å². The van der Waals surface area contributed by atoms with Crippen molar-refractivity contribution in [1.82, 2.24) is 4.98 Å². The summed E-state index contributed by atoms with van der Waals surface area (Å²) in [6.45, 7) is 0. The number of hydrogen-bond donors (Lipinski definition) is 2. The maximum absolute atomic E-state index is 10.8. The number of fused-ring (bicyclic) bond motifs is 1. The fourth-order valence-electron chi connectivity index (χ4n) is 3.02. The molecule has 0 radical (unpaired) electrons. The highest BCUT2D eigenvalue weighted by molar-refractivity contribution is 5.85. The number of ether oxygens (including phenoxy) is 1. The lowest BCUT2D eigenvalue weighted by Gasteiger charge is -2.20. The molecule has 0 bridgehead atoms. The van der Waals surface area contributed by atoms with E-state index in [-0.39, 0.29) is 11.8 Å². The molecule has 1 unspecified atom stereocenters. The summed E-state index contributed by atoms with van der Waals surface area (Å²) in [6, 6.07) is 18.5. The SMILES string of the molecule is COc1cccc(NC(c2ccco2)c2ccc3cccnc3c2O)c1. The molecular formula is C21H18N2O3. The van der Waals surface area contributed by atoms with Gasteiger partial charge in [-0.3, -0.25) is 4.98 Å². The Bertz CT molecular complexity index is 1030. The summed E-state index contributed by atoms with van der Waals surface area (Å²) in [4.78, 5) is 4.31. The second kappa shape index (κ2) is 6.80. The molecule has 0 aliphatic rings. The second-order valence-corrected chi connectivity index (χ2v) is 5.90. The maximum atomic E-state index is 10.8. The molecule has 2 aromatic carbocycles. The minimum absolute atomic E-state index is 0.139. The van der Waals surface area contributed by atoms with Crippen molar-refractivity contribution in [3.05, 3.63) is 84.4 Å². The summed E-state index contributed by atoms with van der Waals surface area (Å²) < 4.78 is 10.9. The van der Waals surface area contributed by atoms with Crippen LogP contribution in [-0.2, 0) is 0 Å². The van der Waals surface area contributed by atoms with Crippen LogP contribution in [0.1, 0.15) is 17.4 Å². The minimum Gasteiger partial charge on any atom is -0.505 e. The molecule has 2 aromatic heterocycles. The predicted molar refractivity (Wildman–Crippen MR) is 101 cm³/mol. The number of rotatable bonds is 5. The standard InChI is InChI=1S/C21H18N2O3/c1-25-16-7-2-6-15(13-16)23-20(18-8-4-12-26-18)17-10-9-14-5-3-11-22-19(14)21(17)24/h2-13,20,23-24H,1H3. The third-order valence-electron chi connectivity index (χ3n) is 4.30. The number of nitrogens with one attached hydrogen (secondary N) is 1. The highest BCUT2D eigenvalue weighted by Crippen LogP contribution is 2.36. The number of pyridine rings is 1. The number of aromatic hydroxyl groups is 1. The van der Waals surface area contributed by atoms with Gasteiger partial charge in [-0.15, -0.1) is 0 Å². The Morgan fingerprint density at radius 3 is 2.81 bits per heavy atom. The lowest BCUT2D eigenvalue weighted by Crippen LogP contribution is -2.12. The Kier molecular flexibility index (Phi) is 4.19. The van der Waals surface area contributed by atoms with Gasteiger partial charge in [-0.05, 0) is 30.3 Å². The molecule has 0 fully saturated rings. The van der Waals surface area contributed by atoms with Gasteiger partial charge in [0.15, 0.2) is 0 Å². The average Bonchev–Trinajstić information content (AvgIpc) is 3.22. The molecule has 0 aliphatic heterocycles. The molecule has 130 valence electrons. The van der Waals surface area contributed by atoms with Gasteiger partial charge in [0.2, 0.25) is 0 Å². The Morgan fingerprint density at radius 1 is 1.08 bits per heavy atom. The van der Waals surface area contributed by atoms with Crippen molar-refractivity contribution in [3.8, 4) is 11.5 Å². The summed E-state index contributed by atoms with van der Waals surface area (Å²) in [7, 11) is 1.63. The Hall–Kier alpha value is -3.47. The highest BCUT2D eigenvalue weighted by Gasteiger charge is 2.22. The number of benzene rings is 2. The second-order valence-electron chi connectivity index (χ2n) is 5.90. The first kappa shape index (κ1) is 16.0. The number of phenols is 1. The zero-order valence-electron chi connectivity index (χ0n) is 14.2. The van der Waals surface area contributed by atoms with E-state index in [0.29, 0.717) is 16.8 Å². The van der Waals surface area contributed by atoms with Crippen LogP contribution in [0.3, 0.4) is 0 Å². The molecule has 0 spiro atoms. The minimum atomic E-state index is -0.372. The van der Waals surface area contributed by atoms with Crippen LogP contribution in [0, 0.1) is 0 Å². The van der Waals surface area contributed by atoms with E-state index >= 15 is 0 Å². The molecule has 0 saturated carbocycles. The Balaban J connectivity index is 1.80. The molecule has 0 saturated heterocycles. The van der Waals surface area contributed by atoms with Crippen LogP contribution in [0.4, 0.5) is 5.69 Å². The molecule has 2 heterocycles. The van der Waals surface area contributed by atoms with Crippen molar-refractivity contribution in [2.75, 3.05) is 12.4 Å². The van der Waals surface area contributed by atoms with Crippen molar-refractivity contribution in [2.45, 2.75) is 6.04 Å². The highest BCUT2D eigenvalue weighted by atomic mass is 16.5. The first-order chi connectivity index (χ1) is 12.8. The molecule has 26 heavy (non-hydrogen) atoms. The van der Waals surface area contributed by atoms with Crippen LogP contribution in [0.15, 0.2) is 77.5 Å². The number of nitrogens with zero attached hydrogens (tertiary/aromatic N) is 1. The molecule has 5 heteroatoms. The topological polar surface area (TPSA) is 67.5 Å². The summed E-state index contributed by atoms with van der Waals surface area (Å²) in [5.74, 6) is 1.58. The molecule has 0 aliphatic carbocycles. The van der Waals surface area contributed by atoms with E-state index in [2.05, 4.69) is 10.3 Å². The number of methoxy groups -OCH3 is 1. The average molecular weight is 346 g/mol. The lowest BCUT2D eigenvalue weighted by atomic mass is 10.0. The quantitative estimate of drug-likeness (QED) is 0.546. The van der Waals surface area contributed by atoms with E-state index < -0.39 is 0 Å². The normalized spacial score (nSPS) is 12.0. The largest absolute Gasteiger partial charge is 0.505 e. The molecule has 1 atom stereocenters. The van der Waals surface area contributed by atoms with Gasteiger partial charge in [-0.2, -0.15) is 0 Å². The van der Waals surface area contributed by atoms with Gasteiger partial charge in [0.05, 0.1) is 13.4 Å². The fraction of sp³-hybridized carbons (Fsp3) is 0.0952. The van der Waals surface area contributed by atoms with Crippen molar-refractivity contribution < 1.29 is 14.3 Å². The molecule has 4 rings (SSSR count). The van der Waals surface area contributed by atoms with Gasteiger partial charge in [0, 0.05) is 28.9 Å². The third kappa shape index (κ3) is 2.95. The zero-order chi connectivity index (χ0) is 17.9. The summed E-state index contributed by atoms with van der Waals surface area (Å²) >= 11 is 0. The van der Waals surface area contributed by atoms with E-state index in [4.69, 9.17) is 9.15 Å². The summed E-state index contributed by atoms with van der Waals surface area (Å²) in [5, 5.41) is 15.1. The van der Waals surface area contributed by atoms with Crippen molar-refractivity contribution in [2.24, 2.45) is 0 Å². The summed E-state index contributed by atoms with van der Waals surface area (Å²) in [6.07, 6.45) is 3.29. The lowest BCUT2D eigenvalue weighted by molar-refractivity contribution is 0.415. The van der Waals surface area contributed by atoms with Gasteiger partial charge in [0.1, 0.15) is 28.8 Å². The van der Waals surface area contributed by atoms with Gasteiger partial charge >= 0.3 is 0 Å². The number of phenolic OH excluding ortho intramolecular Hbond substituents is 1. The molecule has 4 aromatic rings. The third-order valence-corrected chi connectivity index (χ3v) is 4.30. The predicted octanol–water partition coefficient (Wildman–Crippen LogP) is 4.74. The Morgan fingerprint density at radius 2 is 2.00 bits per heavy atom. The maximum Gasteiger partial charge on any atom is 0.147 e. The monoisotopic (exact) mass is 346 g/mol. The summed E-state index contributed by atoms with van der Waals surface area (Å²) in [5.41, 5.74) is 2.11. The van der Waals surface area contributed by atoms with E-state index in [0.717, 1.165) is 16.8 Å². The number of hydrogen-bond acceptors (Lipinski definition) is 5. The fourth-order valence-corrected chi connectivity index (χ4v) is 3.02. The molecule has 0 amide bonds. The van der Waals surface area contributed by atoms with Crippen LogP contribution < -0.4 is 10.1 Å². The molecule has 5 nitrogen and oxygen atoms in total. The van der Waals surface area contributed by atoms with Crippen molar-refractivity contribution in [3.63, 3.8) is 0 Å². The van der Waals surface area contributed by atoms with E-state index in [1.54, 1.807) is 19.6 Å². The Labute approximate surface area is 150 Å². The van der Waals surface area contributed by atoms with Crippen molar-refractivity contribution in [1.29, 1.82) is 0 Å². The van der Waals surface area contributed by atoms with Gasteiger partial charge in [0.25, 0.3) is 0 Å². The smallest absolute Gasteiger partial charge is 0.147 e. The first-order valence-corrected chi connectivity index (χ1v) is 8.27. The van der Waals surface area contributed by atoms with E-state index in [1.807, 2.05) is 60.7 Å². The van der Waals surface area contributed by atoms with Gasteiger partial charge in [-0.25, -0.2) is 0 Å². The van der Waals surface area contributed by atoms with Crippen LogP contribution >= 0.6 is 0 Å². The number of furan rings is 1. The molecule has 2 N–H and O–H groups in total. The van der Waals surface area contributed by atoms with E-state index in [9.17, 15) is 5.11 Å². The number of anilines is 1. The van der Waals surface area contributed by atoms with Crippen LogP contribution in [0.2, 0.25) is 0 Å². The van der Waals surface area contributed by atoms with E-state index in [1.165, 1.54) is 0 Å². The first-order valence-electron chi connectivity index (χ1n) is 8.27. The van der Waals surface area contributed by atoms with Crippen LogP contribution in [0.5, 0.6) is 11.5 Å².